The van der Waals surface area contributed by atoms with Crippen molar-refractivity contribution >= 4 is 41.0 Å². The van der Waals surface area contributed by atoms with Crippen molar-refractivity contribution in [2.45, 2.75) is 46.9 Å². The third-order valence-corrected chi connectivity index (χ3v) is 9.26. The van der Waals surface area contributed by atoms with Crippen molar-refractivity contribution in [2.75, 3.05) is 44.0 Å². The predicted molar refractivity (Wildman–Crippen MR) is 120 cm³/mol. The number of carbonyl (C=O) groups excluding carboxylic acids is 2. The van der Waals surface area contributed by atoms with Crippen LogP contribution in [0.4, 0.5) is 5.69 Å². The summed E-state index contributed by atoms with van der Waals surface area (Å²) in [7, 11) is 2.11. The Morgan fingerprint density at radius 1 is 1.17 bits per heavy atom. The van der Waals surface area contributed by atoms with Gasteiger partial charge in [0.15, 0.2) is 0 Å². The van der Waals surface area contributed by atoms with Crippen LogP contribution in [0.25, 0.3) is 0 Å². The summed E-state index contributed by atoms with van der Waals surface area (Å²) < 4.78 is 0. The van der Waals surface area contributed by atoms with Gasteiger partial charge in [0.05, 0.1) is 16.9 Å². The second-order valence-corrected chi connectivity index (χ2v) is 11.0. The van der Waals surface area contributed by atoms with E-state index in [1.807, 2.05) is 16.7 Å². The number of carbonyl (C=O) groups is 2. The molecule has 2 amide bonds. The Kier molecular flexibility index (Phi) is 5.20. The maximum atomic E-state index is 13.2. The van der Waals surface area contributed by atoms with E-state index in [0.29, 0.717) is 39.0 Å². The molecule has 3 fully saturated rings. The Balaban J connectivity index is 1.21. The Labute approximate surface area is 185 Å². The van der Waals surface area contributed by atoms with Gasteiger partial charge in [0.2, 0.25) is 5.91 Å². The lowest BCUT2D eigenvalue weighted by Crippen LogP contribution is -2.55. The van der Waals surface area contributed by atoms with Crippen LogP contribution in [0.2, 0.25) is 0 Å². The van der Waals surface area contributed by atoms with E-state index < -0.39 is 5.60 Å². The van der Waals surface area contributed by atoms with Gasteiger partial charge in [0.25, 0.3) is 5.91 Å². The molecule has 4 aliphatic rings. The fourth-order valence-corrected chi connectivity index (χ4v) is 6.84. The van der Waals surface area contributed by atoms with E-state index in [1.165, 1.54) is 16.1 Å². The average molecular weight is 449 g/mol. The molecule has 3 heterocycles. The molecule has 0 bridgehead atoms. The fourth-order valence-electron chi connectivity index (χ4n) is 4.37. The zero-order chi connectivity index (χ0) is 21.0. The molecule has 1 aromatic carbocycles. The van der Waals surface area contributed by atoms with E-state index in [4.69, 9.17) is 0 Å². The van der Waals surface area contributed by atoms with E-state index in [2.05, 4.69) is 42.4 Å². The minimum atomic E-state index is -1.12. The molecular formula is C21H28N4O3S2. The molecule has 0 radical (unpaired) electrons. The molecule has 30 heavy (non-hydrogen) atoms. The van der Waals surface area contributed by atoms with Gasteiger partial charge in [-0.3, -0.25) is 14.9 Å². The summed E-state index contributed by atoms with van der Waals surface area (Å²) in [6.45, 7) is 4.16. The molecule has 3 atom stereocenters. The third kappa shape index (κ3) is 3.59. The molecule has 3 unspecified atom stereocenters. The second-order valence-electron chi connectivity index (χ2n) is 8.74. The monoisotopic (exact) mass is 448 g/mol. The smallest absolute Gasteiger partial charge is 0.254 e. The van der Waals surface area contributed by atoms with Crippen molar-refractivity contribution in [3.8, 4) is 0 Å². The predicted octanol–water partition coefficient (Wildman–Crippen LogP) is 1.47. The summed E-state index contributed by atoms with van der Waals surface area (Å²) in [5.74, 6) is 0.959. The van der Waals surface area contributed by atoms with E-state index in [9.17, 15) is 14.7 Å². The lowest BCUT2D eigenvalue weighted by Gasteiger charge is -2.37. The number of nitrogens with one attached hydrogen (secondary N) is 1. The fraction of sp³-hybridized carbons (Fsp3) is 0.619. The Bertz CT molecular complexity index is 870. The van der Waals surface area contributed by atoms with Crippen LogP contribution in [0.15, 0.2) is 23.1 Å². The lowest BCUT2D eigenvalue weighted by atomic mass is 10.1. The molecule has 1 saturated carbocycles. The number of rotatable bonds is 3. The minimum Gasteiger partial charge on any atom is -0.380 e. The summed E-state index contributed by atoms with van der Waals surface area (Å²) in [4.78, 5) is 32.7. The number of amides is 2. The number of anilines is 1. The standard InChI is InChI=1S/C21H28N4O3S2/c1-13-17(19(26)24-7-9-25(10-8-24)20(27)21(28)5-6-21)30-18(22-13)14-3-4-16-15(11-14)23(2)12-29-16/h3-4,11,13,17-18,22,28H,5-10,12H2,1-2H3. The molecule has 7 nitrogen and oxygen atoms in total. The number of fused-ring (bicyclic) bond motifs is 1. The minimum absolute atomic E-state index is 0.0831. The van der Waals surface area contributed by atoms with Crippen LogP contribution in [0, 0.1) is 0 Å². The van der Waals surface area contributed by atoms with E-state index in [1.54, 1.807) is 16.7 Å². The average Bonchev–Trinajstić information content (AvgIpc) is 3.23. The molecule has 1 aromatic rings. The van der Waals surface area contributed by atoms with Crippen molar-refractivity contribution in [3.05, 3.63) is 23.8 Å². The highest BCUT2D eigenvalue weighted by atomic mass is 32.2. The number of piperazine rings is 1. The van der Waals surface area contributed by atoms with Gasteiger partial charge in [-0.15, -0.1) is 23.5 Å². The zero-order valence-electron chi connectivity index (χ0n) is 17.3. The van der Waals surface area contributed by atoms with Crippen molar-refractivity contribution < 1.29 is 14.7 Å². The largest absolute Gasteiger partial charge is 0.380 e. The molecule has 2 N–H and O–H groups in total. The van der Waals surface area contributed by atoms with Crippen molar-refractivity contribution in [3.63, 3.8) is 0 Å². The molecule has 162 valence electrons. The molecule has 0 aromatic heterocycles. The highest BCUT2D eigenvalue weighted by Crippen LogP contribution is 2.44. The molecular weight excluding hydrogens is 420 g/mol. The zero-order valence-corrected chi connectivity index (χ0v) is 19.0. The van der Waals surface area contributed by atoms with E-state index >= 15 is 0 Å². The first-order valence-electron chi connectivity index (χ1n) is 10.6. The van der Waals surface area contributed by atoms with Gasteiger partial charge >= 0.3 is 0 Å². The maximum absolute atomic E-state index is 13.2. The highest BCUT2D eigenvalue weighted by Gasteiger charge is 2.50. The Hall–Kier alpha value is -1.42. The van der Waals surface area contributed by atoms with Gasteiger partial charge in [0.1, 0.15) is 10.9 Å². The van der Waals surface area contributed by atoms with Gasteiger partial charge in [0, 0.05) is 44.2 Å². The van der Waals surface area contributed by atoms with Crippen molar-refractivity contribution in [1.29, 1.82) is 0 Å². The SMILES string of the molecule is CC1NC(c2ccc3c(c2)N(C)CS3)SC1C(=O)N1CCN(C(=O)C2(O)CC2)CC1. The van der Waals surface area contributed by atoms with Crippen LogP contribution in [0.5, 0.6) is 0 Å². The molecule has 2 saturated heterocycles. The van der Waals surface area contributed by atoms with Crippen LogP contribution in [-0.2, 0) is 9.59 Å². The Morgan fingerprint density at radius 2 is 1.87 bits per heavy atom. The maximum Gasteiger partial charge on any atom is 0.254 e. The van der Waals surface area contributed by atoms with Crippen molar-refractivity contribution in [1.82, 2.24) is 15.1 Å². The normalized spacial score (nSPS) is 29.8. The summed E-state index contributed by atoms with van der Waals surface area (Å²) >= 11 is 3.55. The number of benzene rings is 1. The number of thioether (sulfide) groups is 2. The molecule has 1 aliphatic carbocycles. The van der Waals surface area contributed by atoms with Gasteiger partial charge in [-0.25, -0.2) is 0 Å². The lowest BCUT2D eigenvalue weighted by molar-refractivity contribution is -0.147. The van der Waals surface area contributed by atoms with Crippen LogP contribution < -0.4 is 10.2 Å². The first kappa shape index (κ1) is 20.5. The van der Waals surface area contributed by atoms with Crippen LogP contribution in [-0.4, -0.2) is 82.7 Å². The van der Waals surface area contributed by atoms with Crippen LogP contribution in [0.1, 0.15) is 30.7 Å². The number of aliphatic hydroxyl groups is 1. The second kappa shape index (κ2) is 7.62. The third-order valence-electron chi connectivity index (χ3n) is 6.51. The van der Waals surface area contributed by atoms with Gasteiger partial charge < -0.3 is 19.8 Å². The Morgan fingerprint density at radius 3 is 2.57 bits per heavy atom. The number of nitrogens with zero attached hydrogens (tertiary/aromatic N) is 3. The first-order chi connectivity index (χ1) is 14.4. The summed E-state index contributed by atoms with van der Waals surface area (Å²) in [5, 5.41) is 13.6. The van der Waals surface area contributed by atoms with Gasteiger partial charge in [-0.2, -0.15) is 0 Å². The number of hydrogen-bond acceptors (Lipinski definition) is 7. The topological polar surface area (TPSA) is 76.1 Å². The first-order valence-corrected chi connectivity index (χ1v) is 12.5. The molecule has 5 rings (SSSR count). The summed E-state index contributed by atoms with van der Waals surface area (Å²) in [6.07, 6.45) is 1.12. The number of hydrogen-bond donors (Lipinski definition) is 2. The quantitative estimate of drug-likeness (QED) is 0.725. The highest BCUT2D eigenvalue weighted by molar-refractivity contribution is 8.01. The van der Waals surface area contributed by atoms with E-state index in [0.717, 1.165) is 5.88 Å². The van der Waals surface area contributed by atoms with Crippen LogP contribution >= 0.6 is 23.5 Å². The van der Waals surface area contributed by atoms with Gasteiger partial charge in [-0.1, -0.05) is 6.07 Å². The summed E-state index contributed by atoms with van der Waals surface area (Å²) in [6, 6.07) is 6.68. The van der Waals surface area contributed by atoms with Crippen molar-refractivity contribution in [2.24, 2.45) is 0 Å². The molecule has 3 aliphatic heterocycles. The van der Waals surface area contributed by atoms with E-state index in [-0.39, 0.29) is 28.5 Å². The molecule has 9 heteroatoms. The van der Waals surface area contributed by atoms with Crippen LogP contribution in [0.3, 0.4) is 0 Å². The summed E-state index contributed by atoms with van der Waals surface area (Å²) in [5.41, 5.74) is 1.35. The molecule has 0 spiro atoms. The van der Waals surface area contributed by atoms with Gasteiger partial charge in [-0.05, 0) is 37.5 Å².